The Balaban J connectivity index is 1.68. The van der Waals surface area contributed by atoms with Crippen LogP contribution in [-0.4, -0.2) is 50.2 Å². The number of nitrogens with one attached hydrogen (secondary N) is 1. The van der Waals surface area contributed by atoms with Crippen LogP contribution in [0.5, 0.6) is 0 Å². The molecule has 5 nitrogen and oxygen atoms in total. The van der Waals surface area contributed by atoms with Crippen molar-refractivity contribution in [3.05, 3.63) is 58.6 Å². The van der Waals surface area contributed by atoms with Crippen LogP contribution in [0, 0.1) is 6.92 Å². The predicted octanol–water partition coefficient (Wildman–Crippen LogP) is 3.94. The summed E-state index contributed by atoms with van der Waals surface area (Å²) in [6.45, 7) is 7.86. The van der Waals surface area contributed by atoms with Gasteiger partial charge in [-0.25, -0.2) is 0 Å². The molecule has 3 rings (SSSR count). The van der Waals surface area contributed by atoms with Crippen LogP contribution in [-0.2, 0) is 16.1 Å². The molecule has 2 aromatic carbocycles. The van der Waals surface area contributed by atoms with Gasteiger partial charge < -0.3 is 15.0 Å². The lowest BCUT2D eigenvalue weighted by atomic mass is 10.1. The number of morpholine rings is 1. The van der Waals surface area contributed by atoms with Crippen LogP contribution in [0.2, 0.25) is 5.02 Å². The molecule has 0 spiro atoms. The zero-order chi connectivity index (χ0) is 20.1. The Kier molecular flexibility index (Phi) is 6.94. The molecular weight excluding hydrogens is 374 g/mol. The Morgan fingerprint density at radius 3 is 2.71 bits per heavy atom. The number of rotatable bonds is 6. The van der Waals surface area contributed by atoms with Crippen LogP contribution >= 0.6 is 11.6 Å². The summed E-state index contributed by atoms with van der Waals surface area (Å²) in [5.41, 5.74) is 4.18. The molecule has 28 heavy (non-hydrogen) atoms. The van der Waals surface area contributed by atoms with Crippen molar-refractivity contribution in [3.8, 4) is 0 Å². The number of hydrogen-bond acceptors (Lipinski definition) is 4. The van der Waals surface area contributed by atoms with Gasteiger partial charge in [0, 0.05) is 36.0 Å². The molecule has 0 radical (unpaired) electrons. The minimum Gasteiger partial charge on any atom is -0.378 e. The minimum absolute atomic E-state index is 0.0447. The Morgan fingerprint density at radius 1 is 1.25 bits per heavy atom. The Labute approximate surface area is 172 Å². The van der Waals surface area contributed by atoms with E-state index in [-0.39, 0.29) is 11.9 Å². The summed E-state index contributed by atoms with van der Waals surface area (Å²) in [5.74, 6) is -0.0447. The van der Waals surface area contributed by atoms with Crippen molar-refractivity contribution in [2.75, 3.05) is 43.6 Å². The zero-order valence-electron chi connectivity index (χ0n) is 16.7. The van der Waals surface area contributed by atoms with Crippen molar-refractivity contribution in [3.63, 3.8) is 0 Å². The number of ether oxygens (including phenoxy) is 1. The van der Waals surface area contributed by atoms with Gasteiger partial charge in [0.25, 0.3) is 0 Å². The van der Waals surface area contributed by atoms with Crippen molar-refractivity contribution in [2.24, 2.45) is 0 Å². The Bertz CT molecular complexity index is 821. The monoisotopic (exact) mass is 401 g/mol. The number of aryl methyl sites for hydroxylation is 1. The lowest BCUT2D eigenvalue weighted by molar-refractivity contribution is -0.120. The molecule has 6 heteroatoms. The molecule has 2 aromatic rings. The molecule has 0 bridgehead atoms. The summed E-state index contributed by atoms with van der Waals surface area (Å²) in [4.78, 5) is 17.2. The third-order valence-corrected chi connectivity index (χ3v) is 5.50. The second-order valence-corrected chi connectivity index (χ2v) is 7.70. The lowest BCUT2D eigenvalue weighted by Gasteiger charge is -2.32. The number of anilines is 2. The van der Waals surface area contributed by atoms with Crippen molar-refractivity contribution in [1.29, 1.82) is 0 Å². The van der Waals surface area contributed by atoms with Gasteiger partial charge >= 0.3 is 0 Å². The zero-order valence-corrected chi connectivity index (χ0v) is 17.5. The fourth-order valence-corrected chi connectivity index (χ4v) is 3.50. The van der Waals surface area contributed by atoms with Gasteiger partial charge in [0.15, 0.2) is 0 Å². The Morgan fingerprint density at radius 2 is 1.96 bits per heavy atom. The second kappa shape index (κ2) is 9.41. The van der Waals surface area contributed by atoms with Crippen molar-refractivity contribution in [2.45, 2.75) is 26.4 Å². The number of likely N-dealkylation sites (N-methyl/N-ethyl adjacent to an activating group) is 1. The normalized spacial score (nSPS) is 15.5. The molecule has 1 fully saturated rings. The Hall–Kier alpha value is -2.08. The van der Waals surface area contributed by atoms with Gasteiger partial charge in [0.05, 0.1) is 19.3 Å². The van der Waals surface area contributed by atoms with Crippen molar-refractivity contribution < 1.29 is 9.53 Å². The van der Waals surface area contributed by atoms with Gasteiger partial charge in [-0.15, -0.1) is 0 Å². The third kappa shape index (κ3) is 5.04. The molecule has 0 aromatic heterocycles. The maximum absolute atomic E-state index is 12.8. The fraction of sp³-hybridized carbons (Fsp3) is 0.409. The molecule has 1 saturated heterocycles. The van der Waals surface area contributed by atoms with Crippen LogP contribution in [0.25, 0.3) is 0 Å². The van der Waals surface area contributed by atoms with Crippen LogP contribution < -0.4 is 10.2 Å². The molecule has 0 saturated carbocycles. The first-order valence-electron chi connectivity index (χ1n) is 9.63. The van der Waals surface area contributed by atoms with Crippen molar-refractivity contribution >= 4 is 28.9 Å². The molecule has 1 amide bonds. The number of para-hydroxylation sites is 1. The number of hydrogen-bond donors (Lipinski definition) is 1. The molecule has 150 valence electrons. The van der Waals surface area contributed by atoms with Crippen molar-refractivity contribution in [1.82, 2.24) is 4.90 Å². The molecule has 1 heterocycles. The highest BCUT2D eigenvalue weighted by Gasteiger charge is 2.21. The maximum Gasteiger partial charge on any atom is 0.241 e. The van der Waals surface area contributed by atoms with E-state index in [4.69, 9.17) is 16.3 Å². The van der Waals surface area contributed by atoms with E-state index in [0.29, 0.717) is 11.6 Å². The highest BCUT2D eigenvalue weighted by molar-refractivity contribution is 6.31. The molecular formula is C22H28ClN3O2. The SMILES string of the molecule is Cc1ccc(Cl)cc1NC(=O)C(C)N(C)Cc1ccccc1N1CCOCC1. The van der Waals surface area contributed by atoms with Gasteiger partial charge in [-0.3, -0.25) is 9.69 Å². The number of carbonyl (C=O) groups is 1. The highest BCUT2D eigenvalue weighted by atomic mass is 35.5. The van der Waals surface area contributed by atoms with E-state index < -0.39 is 0 Å². The van der Waals surface area contributed by atoms with E-state index in [2.05, 4.69) is 33.3 Å². The van der Waals surface area contributed by atoms with E-state index in [9.17, 15) is 4.79 Å². The first kappa shape index (κ1) is 20.6. The van der Waals surface area contributed by atoms with E-state index in [1.807, 2.05) is 39.1 Å². The van der Waals surface area contributed by atoms with E-state index in [1.165, 1.54) is 11.3 Å². The number of halogens is 1. The maximum atomic E-state index is 12.8. The van der Waals surface area contributed by atoms with E-state index in [1.54, 1.807) is 6.07 Å². The lowest BCUT2D eigenvalue weighted by Crippen LogP contribution is -2.40. The summed E-state index contributed by atoms with van der Waals surface area (Å²) >= 11 is 6.07. The minimum atomic E-state index is -0.281. The number of benzene rings is 2. The molecule has 1 aliphatic rings. The third-order valence-electron chi connectivity index (χ3n) is 5.26. The smallest absolute Gasteiger partial charge is 0.241 e. The summed E-state index contributed by atoms with van der Waals surface area (Å²) in [7, 11) is 1.98. The van der Waals surface area contributed by atoms with Crippen LogP contribution in [0.4, 0.5) is 11.4 Å². The van der Waals surface area contributed by atoms with Gasteiger partial charge in [-0.1, -0.05) is 35.9 Å². The highest BCUT2D eigenvalue weighted by Crippen LogP contribution is 2.24. The summed E-state index contributed by atoms with van der Waals surface area (Å²) in [6.07, 6.45) is 0. The van der Waals surface area contributed by atoms with Crippen LogP contribution in [0.1, 0.15) is 18.1 Å². The van der Waals surface area contributed by atoms with Gasteiger partial charge in [0.1, 0.15) is 0 Å². The summed E-state index contributed by atoms with van der Waals surface area (Å²) in [5, 5.41) is 3.62. The first-order valence-corrected chi connectivity index (χ1v) is 10.0. The molecule has 1 N–H and O–H groups in total. The van der Waals surface area contributed by atoms with Crippen LogP contribution in [0.3, 0.4) is 0 Å². The molecule has 0 aliphatic carbocycles. The van der Waals surface area contributed by atoms with Gasteiger partial charge in [0.2, 0.25) is 5.91 Å². The summed E-state index contributed by atoms with van der Waals surface area (Å²) < 4.78 is 5.47. The topological polar surface area (TPSA) is 44.8 Å². The number of carbonyl (C=O) groups excluding carboxylic acids is 1. The average molecular weight is 402 g/mol. The van der Waals surface area contributed by atoms with Gasteiger partial charge in [-0.2, -0.15) is 0 Å². The quantitative estimate of drug-likeness (QED) is 0.796. The largest absolute Gasteiger partial charge is 0.378 e. The molecule has 1 unspecified atom stereocenters. The van der Waals surface area contributed by atoms with E-state index in [0.717, 1.165) is 37.6 Å². The summed E-state index contributed by atoms with van der Waals surface area (Å²) in [6, 6.07) is 13.6. The fourth-order valence-electron chi connectivity index (χ4n) is 3.33. The van der Waals surface area contributed by atoms with E-state index >= 15 is 0 Å². The second-order valence-electron chi connectivity index (χ2n) is 7.27. The number of nitrogens with zero attached hydrogens (tertiary/aromatic N) is 2. The van der Waals surface area contributed by atoms with Gasteiger partial charge in [-0.05, 0) is 50.2 Å². The average Bonchev–Trinajstić information content (AvgIpc) is 2.71. The standard InChI is InChI=1S/C22H28ClN3O2/c1-16-8-9-19(23)14-20(16)24-22(27)17(2)25(3)15-18-6-4-5-7-21(18)26-10-12-28-13-11-26/h4-9,14,17H,10-13,15H2,1-3H3,(H,24,27). The molecule has 1 aliphatic heterocycles. The predicted molar refractivity (Wildman–Crippen MR) is 115 cm³/mol. The molecule has 1 atom stereocenters. The number of amides is 1. The first-order chi connectivity index (χ1) is 13.5. The van der Waals surface area contributed by atoms with Crippen LogP contribution in [0.15, 0.2) is 42.5 Å².